The molecule has 0 heterocycles. The summed E-state index contributed by atoms with van der Waals surface area (Å²) in [7, 11) is 0. The van der Waals surface area contributed by atoms with Gasteiger partial charge in [0.05, 0.1) is 5.60 Å². The molecule has 2 unspecified atom stereocenters. The third-order valence-electron chi connectivity index (χ3n) is 1.57. The summed E-state index contributed by atoms with van der Waals surface area (Å²) >= 11 is 2.24. The summed E-state index contributed by atoms with van der Waals surface area (Å²) in [5.74, 6) is 0. The quantitative estimate of drug-likeness (QED) is 0.565. The summed E-state index contributed by atoms with van der Waals surface area (Å²) in [6.07, 6.45) is 0.830. The highest BCUT2D eigenvalue weighted by Gasteiger charge is 2.22. The molecule has 0 fully saturated rings. The van der Waals surface area contributed by atoms with Crippen molar-refractivity contribution in [1.82, 2.24) is 0 Å². The first kappa shape index (κ1) is 8.69. The molecule has 0 aromatic heterocycles. The number of hydrogen-bond acceptors (Lipinski definition) is 1. The van der Waals surface area contributed by atoms with Crippen LogP contribution in [0, 0.1) is 0 Å². The van der Waals surface area contributed by atoms with Crippen molar-refractivity contribution in [3.8, 4) is 0 Å². The van der Waals surface area contributed by atoms with E-state index in [1.54, 1.807) is 0 Å². The minimum absolute atomic E-state index is 0.338. The Morgan fingerprint density at radius 2 is 2.12 bits per heavy atom. The van der Waals surface area contributed by atoms with Gasteiger partial charge in [-0.1, -0.05) is 36.4 Å². The molecule has 2 atom stereocenters. The molecule has 0 aromatic carbocycles. The monoisotopic (exact) mass is 228 g/mol. The molecular formula is C6H13IO. The van der Waals surface area contributed by atoms with E-state index in [2.05, 4.69) is 22.6 Å². The highest BCUT2D eigenvalue weighted by atomic mass is 127. The normalized spacial score (nSPS) is 22.1. The lowest BCUT2D eigenvalue weighted by atomic mass is 10.0. The highest BCUT2D eigenvalue weighted by Crippen LogP contribution is 2.20. The first-order valence-corrected chi connectivity index (χ1v) is 4.11. The largest absolute Gasteiger partial charge is 0.389 e. The fourth-order valence-corrected chi connectivity index (χ4v) is 0.722. The first-order chi connectivity index (χ1) is 3.50. The van der Waals surface area contributed by atoms with Crippen molar-refractivity contribution in [2.24, 2.45) is 0 Å². The summed E-state index contributed by atoms with van der Waals surface area (Å²) in [6, 6.07) is 0. The summed E-state index contributed by atoms with van der Waals surface area (Å²) in [5.41, 5.74) is -0.472. The van der Waals surface area contributed by atoms with Gasteiger partial charge in [0.25, 0.3) is 0 Å². The van der Waals surface area contributed by atoms with Crippen molar-refractivity contribution in [1.29, 1.82) is 0 Å². The zero-order valence-corrected chi connectivity index (χ0v) is 7.77. The van der Waals surface area contributed by atoms with Gasteiger partial charge in [0.2, 0.25) is 0 Å². The molecule has 0 radical (unpaired) electrons. The molecule has 0 amide bonds. The third-order valence-corrected chi connectivity index (χ3v) is 2.91. The Bertz CT molecular complexity index is 68.9. The van der Waals surface area contributed by atoms with E-state index >= 15 is 0 Å². The van der Waals surface area contributed by atoms with E-state index in [9.17, 15) is 5.11 Å². The number of hydrogen-bond donors (Lipinski definition) is 1. The van der Waals surface area contributed by atoms with E-state index in [1.165, 1.54) is 0 Å². The van der Waals surface area contributed by atoms with E-state index in [1.807, 2.05) is 20.8 Å². The van der Waals surface area contributed by atoms with Crippen molar-refractivity contribution in [3.63, 3.8) is 0 Å². The van der Waals surface area contributed by atoms with Gasteiger partial charge in [-0.25, -0.2) is 0 Å². The molecular weight excluding hydrogens is 215 g/mol. The van der Waals surface area contributed by atoms with Crippen LogP contribution in [0.25, 0.3) is 0 Å². The Kier molecular flexibility index (Phi) is 3.27. The average Bonchev–Trinajstić information content (AvgIpc) is 1.67. The molecule has 1 N–H and O–H groups in total. The van der Waals surface area contributed by atoms with Gasteiger partial charge in [0.15, 0.2) is 0 Å². The SMILES string of the molecule is CCC(C)(O)C(C)I. The molecule has 0 saturated carbocycles. The Hall–Kier alpha value is 0.690. The summed E-state index contributed by atoms with van der Waals surface area (Å²) < 4.78 is 0.338. The van der Waals surface area contributed by atoms with Crippen molar-refractivity contribution in [2.45, 2.75) is 36.7 Å². The van der Waals surface area contributed by atoms with Gasteiger partial charge in [0.1, 0.15) is 0 Å². The van der Waals surface area contributed by atoms with Gasteiger partial charge in [0, 0.05) is 3.92 Å². The highest BCUT2D eigenvalue weighted by molar-refractivity contribution is 14.1. The molecule has 8 heavy (non-hydrogen) atoms. The fourth-order valence-electron chi connectivity index (χ4n) is 0.281. The Labute approximate surface area is 64.6 Å². The van der Waals surface area contributed by atoms with Gasteiger partial charge in [-0.2, -0.15) is 0 Å². The van der Waals surface area contributed by atoms with Crippen LogP contribution in [-0.4, -0.2) is 14.6 Å². The number of aliphatic hydroxyl groups is 1. The smallest absolute Gasteiger partial charge is 0.0731 e. The lowest BCUT2D eigenvalue weighted by molar-refractivity contribution is 0.0623. The van der Waals surface area contributed by atoms with Gasteiger partial charge in [-0.15, -0.1) is 0 Å². The third kappa shape index (κ3) is 2.31. The maximum absolute atomic E-state index is 9.39. The molecule has 2 heteroatoms. The first-order valence-electron chi connectivity index (χ1n) is 2.87. The van der Waals surface area contributed by atoms with Crippen LogP contribution in [0.2, 0.25) is 0 Å². The Balaban J connectivity index is 3.71. The zero-order chi connectivity index (χ0) is 6.78. The van der Waals surface area contributed by atoms with Gasteiger partial charge in [-0.05, 0) is 13.3 Å². The Morgan fingerprint density at radius 1 is 1.75 bits per heavy atom. The van der Waals surface area contributed by atoms with Crippen LogP contribution in [0.4, 0.5) is 0 Å². The summed E-state index contributed by atoms with van der Waals surface area (Å²) in [6.45, 7) is 5.88. The molecule has 50 valence electrons. The van der Waals surface area contributed by atoms with E-state index in [0.717, 1.165) is 6.42 Å². The molecule has 0 aromatic rings. The topological polar surface area (TPSA) is 20.2 Å². The van der Waals surface area contributed by atoms with Gasteiger partial charge >= 0.3 is 0 Å². The van der Waals surface area contributed by atoms with Crippen molar-refractivity contribution >= 4 is 22.6 Å². The van der Waals surface area contributed by atoms with E-state index < -0.39 is 5.60 Å². The second-order valence-corrected chi connectivity index (χ2v) is 4.20. The van der Waals surface area contributed by atoms with Crippen LogP contribution >= 0.6 is 22.6 Å². The summed E-state index contributed by atoms with van der Waals surface area (Å²) in [4.78, 5) is 0. The van der Waals surface area contributed by atoms with E-state index in [-0.39, 0.29) is 0 Å². The molecule has 1 nitrogen and oxygen atoms in total. The minimum atomic E-state index is -0.472. The predicted molar refractivity (Wildman–Crippen MR) is 44.4 cm³/mol. The molecule has 0 aliphatic carbocycles. The molecule has 0 rings (SSSR count). The molecule has 0 saturated heterocycles. The molecule has 0 aliphatic heterocycles. The fraction of sp³-hybridized carbons (Fsp3) is 1.00. The lowest BCUT2D eigenvalue weighted by Crippen LogP contribution is -2.31. The maximum Gasteiger partial charge on any atom is 0.0731 e. The zero-order valence-electron chi connectivity index (χ0n) is 5.61. The van der Waals surface area contributed by atoms with Crippen LogP contribution < -0.4 is 0 Å². The van der Waals surface area contributed by atoms with Crippen molar-refractivity contribution in [3.05, 3.63) is 0 Å². The Morgan fingerprint density at radius 3 is 2.12 bits per heavy atom. The van der Waals surface area contributed by atoms with Crippen LogP contribution in [0.15, 0.2) is 0 Å². The van der Waals surface area contributed by atoms with Crippen LogP contribution in [0.3, 0.4) is 0 Å². The van der Waals surface area contributed by atoms with Crippen LogP contribution in [0.1, 0.15) is 27.2 Å². The van der Waals surface area contributed by atoms with E-state index in [0.29, 0.717) is 3.92 Å². The summed E-state index contributed by atoms with van der Waals surface area (Å²) in [5, 5.41) is 9.39. The number of rotatable bonds is 2. The van der Waals surface area contributed by atoms with Crippen LogP contribution in [0.5, 0.6) is 0 Å². The van der Waals surface area contributed by atoms with Crippen molar-refractivity contribution < 1.29 is 5.11 Å². The second-order valence-electron chi connectivity index (χ2n) is 2.33. The van der Waals surface area contributed by atoms with E-state index in [4.69, 9.17) is 0 Å². The number of alkyl halides is 1. The van der Waals surface area contributed by atoms with Crippen LogP contribution in [-0.2, 0) is 0 Å². The minimum Gasteiger partial charge on any atom is -0.389 e. The molecule has 0 aliphatic rings. The van der Waals surface area contributed by atoms with Crippen molar-refractivity contribution in [2.75, 3.05) is 0 Å². The standard InChI is InChI=1S/C6H13IO/c1-4-6(3,8)5(2)7/h5,8H,4H2,1-3H3. The predicted octanol–water partition coefficient (Wildman–Crippen LogP) is 1.97. The van der Waals surface area contributed by atoms with Gasteiger partial charge < -0.3 is 5.11 Å². The lowest BCUT2D eigenvalue weighted by Gasteiger charge is -2.23. The number of halogens is 1. The van der Waals surface area contributed by atoms with Gasteiger partial charge in [-0.3, -0.25) is 0 Å². The molecule has 0 bridgehead atoms. The average molecular weight is 228 g/mol. The maximum atomic E-state index is 9.39. The second kappa shape index (κ2) is 3.01. The molecule has 0 spiro atoms.